The summed E-state index contributed by atoms with van der Waals surface area (Å²) >= 11 is 1.71. The predicted molar refractivity (Wildman–Crippen MR) is 80.3 cm³/mol. The molecule has 0 aromatic carbocycles. The SMILES string of the molecule is CNc1cc(N2CCN(c3nccs3)CC2)ccn1. The number of nitrogens with one attached hydrogen (secondary N) is 1. The van der Waals surface area contributed by atoms with Gasteiger partial charge in [0.15, 0.2) is 5.13 Å². The average molecular weight is 275 g/mol. The Morgan fingerprint density at radius 1 is 1.11 bits per heavy atom. The lowest BCUT2D eigenvalue weighted by Gasteiger charge is -2.36. The lowest BCUT2D eigenvalue weighted by Crippen LogP contribution is -2.46. The van der Waals surface area contributed by atoms with Crippen molar-refractivity contribution in [3.63, 3.8) is 0 Å². The molecule has 0 aliphatic carbocycles. The zero-order valence-corrected chi connectivity index (χ0v) is 11.7. The second-order valence-electron chi connectivity index (χ2n) is 4.44. The Hall–Kier alpha value is -1.82. The first-order chi connectivity index (χ1) is 9.36. The zero-order valence-electron chi connectivity index (χ0n) is 10.9. The highest BCUT2D eigenvalue weighted by molar-refractivity contribution is 7.13. The highest BCUT2D eigenvalue weighted by Gasteiger charge is 2.19. The van der Waals surface area contributed by atoms with Crippen molar-refractivity contribution >= 4 is 28.0 Å². The summed E-state index contributed by atoms with van der Waals surface area (Å²) in [6.45, 7) is 4.08. The van der Waals surface area contributed by atoms with Gasteiger partial charge in [-0.3, -0.25) is 0 Å². The number of pyridine rings is 1. The van der Waals surface area contributed by atoms with E-state index >= 15 is 0 Å². The summed E-state index contributed by atoms with van der Waals surface area (Å²) < 4.78 is 0. The van der Waals surface area contributed by atoms with Gasteiger partial charge < -0.3 is 15.1 Å². The predicted octanol–water partition coefficient (Wildman–Crippen LogP) is 1.91. The van der Waals surface area contributed by atoms with Gasteiger partial charge in [0.2, 0.25) is 0 Å². The summed E-state index contributed by atoms with van der Waals surface area (Å²) in [6, 6.07) is 4.17. The molecule has 19 heavy (non-hydrogen) atoms. The fourth-order valence-corrected chi connectivity index (χ4v) is 2.98. The van der Waals surface area contributed by atoms with Gasteiger partial charge in [-0.05, 0) is 6.07 Å². The van der Waals surface area contributed by atoms with Crippen LogP contribution in [-0.4, -0.2) is 43.2 Å². The van der Waals surface area contributed by atoms with Crippen molar-refractivity contribution in [1.82, 2.24) is 9.97 Å². The Balaban J connectivity index is 1.66. The molecule has 0 saturated carbocycles. The monoisotopic (exact) mass is 275 g/mol. The van der Waals surface area contributed by atoms with E-state index in [1.807, 2.05) is 24.8 Å². The first-order valence-corrected chi connectivity index (χ1v) is 7.28. The summed E-state index contributed by atoms with van der Waals surface area (Å²) in [7, 11) is 1.90. The summed E-state index contributed by atoms with van der Waals surface area (Å²) in [5.41, 5.74) is 1.23. The Labute approximate surface area is 116 Å². The van der Waals surface area contributed by atoms with E-state index in [4.69, 9.17) is 0 Å². The quantitative estimate of drug-likeness (QED) is 0.927. The van der Waals surface area contributed by atoms with Crippen LogP contribution in [0, 0.1) is 0 Å². The van der Waals surface area contributed by atoms with Crippen LogP contribution in [0.25, 0.3) is 0 Å². The summed E-state index contributed by atoms with van der Waals surface area (Å²) in [4.78, 5) is 13.4. The number of anilines is 3. The fourth-order valence-electron chi connectivity index (χ4n) is 2.28. The fraction of sp³-hybridized carbons (Fsp3) is 0.385. The molecule has 3 heterocycles. The molecule has 0 spiro atoms. The van der Waals surface area contributed by atoms with Gasteiger partial charge >= 0.3 is 0 Å². The van der Waals surface area contributed by atoms with Crippen molar-refractivity contribution < 1.29 is 0 Å². The minimum Gasteiger partial charge on any atom is -0.373 e. The number of hydrogen-bond donors (Lipinski definition) is 1. The van der Waals surface area contributed by atoms with Crippen molar-refractivity contribution in [2.75, 3.05) is 48.3 Å². The van der Waals surface area contributed by atoms with Crippen LogP contribution in [0.1, 0.15) is 0 Å². The number of aromatic nitrogens is 2. The molecule has 1 saturated heterocycles. The Kier molecular flexibility index (Phi) is 3.50. The molecule has 0 unspecified atom stereocenters. The van der Waals surface area contributed by atoms with Gasteiger partial charge in [-0.25, -0.2) is 9.97 Å². The first-order valence-electron chi connectivity index (χ1n) is 6.40. The summed E-state index contributed by atoms with van der Waals surface area (Å²) in [5.74, 6) is 0.917. The highest BCUT2D eigenvalue weighted by atomic mass is 32.1. The zero-order chi connectivity index (χ0) is 13.1. The van der Waals surface area contributed by atoms with Crippen LogP contribution in [0.3, 0.4) is 0 Å². The molecule has 0 atom stereocenters. The van der Waals surface area contributed by atoms with E-state index in [-0.39, 0.29) is 0 Å². The van der Waals surface area contributed by atoms with Crippen molar-refractivity contribution in [2.45, 2.75) is 0 Å². The van der Waals surface area contributed by atoms with E-state index in [2.05, 4.69) is 37.2 Å². The molecule has 5 nitrogen and oxygen atoms in total. The highest BCUT2D eigenvalue weighted by Crippen LogP contribution is 2.22. The molecule has 0 bridgehead atoms. The molecular weight excluding hydrogens is 258 g/mol. The topological polar surface area (TPSA) is 44.3 Å². The van der Waals surface area contributed by atoms with Gasteiger partial charge in [0, 0.05) is 62.8 Å². The number of rotatable bonds is 3. The summed E-state index contributed by atoms with van der Waals surface area (Å²) in [5, 5.41) is 6.24. The van der Waals surface area contributed by atoms with Gasteiger partial charge in [0.05, 0.1) is 0 Å². The molecule has 1 N–H and O–H groups in total. The second-order valence-corrected chi connectivity index (χ2v) is 5.31. The maximum Gasteiger partial charge on any atom is 0.185 e. The standard InChI is InChI=1S/C13H17N5S/c1-14-12-10-11(2-3-15-12)17-5-7-18(8-6-17)13-16-4-9-19-13/h2-4,9-10H,5-8H2,1H3,(H,14,15). The molecule has 6 heteroatoms. The van der Waals surface area contributed by atoms with Crippen LogP contribution in [0.5, 0.6) is 0 Å². The van der Waals surface area contributed by atoms with Gasteiger partial charge in [-0.2, -0.15) is 0 Å². The van der Waals surface area contributed by atoms with E-state index in [1.54, 1.807) is 11.3 Å². The van der Waals surface area contributed by atoms with Crippen LogP contribution >= 0.6 is 11.3 Å². The van der Waals surface area contributed by atoms with Crippen LogP contribution in [0.15, 0.2) is 29.9 Å². The molecule has 1 aliphatic heterocycles. The molecule has 1 aliphatic rings. The van der Waals surface area contributed by atoms with E-state index in [0.717, 1.165) is 37.1 Å². The molecule has 0 radical (unpaired) electrons. The molecule has 100 valence electrons. The maximum atomic E-state index is 4.37. The van der Waals surface area contributed by atoms with E-state index in [0.29, 0.717) is 0 Å². The van der Waals surface area contributed by atoms with E-state index in [1.165, 1.54) is 5.69 Å². The van der Waals surface area contributed by atoms with Crippen molar-refractivity contribution in [3.8, 4) is 0 Å². The van der Waals surface area contributed by atoms with Crippen LogP contribution in [0.2, 0.25) is 0 Å². The lowest BCUT2D eigenvalue weighted by molar-refractivity contribution is 0.652. The normalized spacial score (nSPS) is 15.6. The minimum absolute atomic E-state index is 0.917. The molecule has 1 fully saturated rings. The Morgan fingerprint density at radius 2 is 1.89 bits per heavy atom. The average Bonchev–Trinajstić information content (AvgIpc) is 3.02. The van der Waals surface area contributed by atoms with Gasteiger partial charge in [-0.1, -0.05) is 0 Å². The molecule has 0 amide bonds. The van der Waals surface area contributed by atoms with Crippen molar-refractivity contribution in [1.29, 1.82) is 0 Å². The van der Waals surface area contributed by atoms with Crippen molar-refractivity contribution in [2.24, 2.45) is 0 Å². The second kappa shape index (κ2) is 5.44. The number of thiazole rings is 1. The Bertz CT molecular complexity index is 520. The number of nitrogens with zero attached hydrogens (tertiary/aromatic N) is 4. The van der Waals surface area contributed by atoms with Gasteiger partial charge in [0.25, 0.3) is 0 Å². The molecule has 2 aromatic heterocycles. The third-order valence-corrected chi connectivity index (χ3v) is 4.17. The third-order valence-electron chi connectivity index (χ3n) is 3.33. The Morgan fingerprint density at radius 3 is 2.58 bits per heavy atom. The third kappa shape index (κ3) is 2.63. The summed E-state index contributed by atoms with van der Waals surface area (Å²) in [6.07, 6.45) is 3.73. The molecule has 2 aromatic rings. The maximum absolute atomic E-state index is 4.37. The molecular formula is C13H17N5S. The van der Waals surface area contributed by atoms with E-state index < -0.39 is 0 Å². The minimum atomic E-state index is 0.917. The van der Waals surface area contributed by atoms with Crippen LogP contribution in [-0.2, 0) is 0 Å². The molecule has 3 rings (SSSR count). The first kappa shape index (κ1) is 12.2. The lowest BCUT2D eigenvalue weighted by atomic mass is 10.2. The van der Waals surface area contributed by atoms with E-state index in [9.17, 15) is 0 Å². The van der Waals surface area contributed by atoms with Crippen LogP contribution in [0.4, 0.5) is 16.6 Å². The van der Waals surface area contributed by atoms with Crippen LogP contribution < -0.4 is 15.1 Å². The number of hydrogen-bond acceptors (Lipinski definition) is 6. The smallest absolute Gasteiger partial charge is 0.185 e. The van der Waals surface area contributed by atoms with Crippen molar-refractivity contribution in [3.05, 3.63) is 29.9 Å². The van der Waals surface area contributed by atoms with Gasteiger partial charge in [0.1, 0.15) is 5.82 Å². The van der Waals surface area contributed by atoms with Gasteiger partial charge in [-0.15, -0.1) is 11.3 Å². The number of piperazine rings is 1. The largest absolute Gasteiger partial charge is 0.373 e.